The van der Waals surface area contributed by atoms with Crippen LogP contribution in [0.5, 0.6) is 17.2 Å². The molecule has 0 saturated heterocycles. The number of primary amides is 1. The SMILES string of the molecule is COc1ccc(NC(=O)/C=C/C(=O)OC2CCC3C4CCc5cc(O)ccc5C4CCC23C)c(O)c1C(N)=O. The number of aryl methyl sites for hydroxylation is 1. The van der Waals surface area contributed by atoms with Crippen LogP contribution in [0.3, 0.4) is 0 Å². The molecule has 2 amide bonds. The lowest BCUT2D eigenvalue weighted by Gasteiger charge is -2.50. The van der Waals surface area contributed by atoms with Crippen molar-refractivity contribution in [1.29, 1.82) is 0 Å². The topological polar surface area (TPSA) is 148 Å². The average Bonchev–Trinajstić information content (AvgIpc) is 3.23. The predicted octanol–water partition coefficient (Wildman–Crippen LogP) is 4.17. The molecule has 5 atom stereocenters. The summed E-state index contributed by atoms with van der Waals surface area (Å²) in [6.45, 7) is 2.23. The maximum Gasteiger partial charge on any atom is 0.331 e. The van der Waals surface area contributed by atoms with Crippen molar-refractivity contribution in [3.8, 4) is 17.2 Å². The third-order valence-corrected chi connectivity index (χ3v) is 9.12. The number of hydrogen-bond acceptors (Lipinski definition) is 7. The maximum absolute atomic E-state index is 12.7. The monoisotopic (exact) mass is 534 g/mol. The van der Waals surface area contributed by atoms with Gasteiger partial charge in [0.25, 0.3) is 5.91 Å². The number of rotatable bonds is 6. The van der Waals surface area contributed by atoms with Gasteiger partial charge >= 0.3 is 5.97 Å². The Morgan fingerprint density at radius 3 is 2.62 bits per heavy atom. The predicted molar refractivity (Wildman–Crippen MR) is 144 cm³/mol. The van der Waals surface area contributed by atoms with Gasteiger partial charge in [0, 0.05) is 17.6 Å². The fourth-order valence-corrected chi connectivity index (χ4v) is 7.29. The highest BCUT2D eigenvalue weighted by Crippen LogP contribution is 2.61. The molecule has 3 aliphatic rings. The number of phenolic OH excluding ortho intramolecular Hbond substituents is 1. The first-order valence-corrected chi connectivity index (χ1v) is 13.3. The van der Waals surface area contributed by atoms with E-state index in [2.05, 4.69) is 18.3 Å². The fourth-order valence-electron chi connectivity index (χ4n) is 7.29. The summed E-state index contributed by atoms with van der Waals surface area (Å²) in [6, 6.07) is 8.52. The van der Waals surface area contributed by atoms with E-state index in [4.69, 9.17) is 15.2 Å². The molecule has 2 fully saturated rings. The quantitative estimate of drug-likeness (QED) is 0.247. The molecule has 5 unspecified atom stereocenters. The van der Waals surface area contributed by atoms with Crippen LogP contribution < -0.4 is 15.8 Å². The van der Waals surface area contributed by atoms with Crippen molar-refractivity contribution in [2.24, 2.45) is 23.0 Å². The number of nitrogens with two attached hydrogens (primary N) is 1. The average molecular weight is 535 g/mol. The zero-order valence-electron chi connectivity index (χ0n) is 22.1. The third-order valence-electron chi connectivity index (χ3n) is 9.12. The van der Waals surface area contributed by atoms with Crippen LogP contribution in [0.1, 0.15) is 66.4 Å². The van der Waals surface area contributed by atoms with Gasteiger partial charge in [0.15, 0.2) is 5.75 Å². The Bertz CT molecular complexity index is 1350. The van der Waals surface area contributed by atoms with Crippen molar-refractivity contribution in [1.82, 2.24) is 0 Å². The van der Waals surface area contributed by atoms with Crippen molar-refractivity contribution in [2.75, 3.05) is 12.4 Å². The first-order valence-electron chi connectivity index (χ1n) is 13.3. The van der Waals surface area contributed by atoms with Gasteiger partial charge in [-0.2, -0.15) is 0 Å². The van der Waals surface area contributed by atoms with E-state index in [0.717, 1.165) is 50.7 Å². The number of carbonyl (C=O) groups is 3. The van der Waals surface area contributed by atoms with Gasteiger partial charge in [0.05, 0.1) is 12.8 Å². The first kappa shape index (κ1) is 26.6. The number of fused-ring (bicyclic) bond motifs is 5. The van der Waals surface area contributed by atoms with Gasteiger partial charge in [0.2, 0.25) is 5.91 Å². The molecule has 0 heterocycles. The van der Waals surface area contributed by atoms with Gasteiger partial charge in [0.1, 0.15) is 23.2 Å². The number of amides is 2. The van der Waals surface area contributed by atoms with Crippen LogP contribution in [0.25, 0.3) is 0 Å². The lowest BCUT2D eigenvalue weighted by molar-refractivity contribution is -0.151. The van der Waals surface area contributed by atoms with Crippen LogP contribution in [0.4, 0.5) is 5.69 Å². The highest BCUT2D eigenvalue weighted by Gasteiger charge is 2.56. The second-order valence-corrected chi connectivity index (χ2v) is 11.1. The number of hydrogen-bond donors (Lipinski definition) is 4. The lowest BCUT2D eigenvalue weighted by Crippen LogP contribution is -2.45. The molecular formula is C30H34N2O7. The fraction of sp³-hybridized carbons (Fsp3) is 0.433. The van der Waals surface area contributed by atoms with Gasteiger partial charge in [-0.3, -0.25) is 9.59 Å². The minimum Gasteiger partial charge on any atom is -0.508 e. The molecule has 0 bridgehead atoms. The second kappa shape index (κ2) is 10.3. The summed E-state index contributed by atoms with van der Waals surface area (Å²) in [5.41, 5.74) is 7.49. The third kappa shape index (κ3) is 4.82. The van der Waals surface area contributed by atoms with Crippen molar-refractivity contribution >= 4 is 23.5 Å². The van der Waals surface area contributed by atoms with E-state index in [1.807, 2.05) is 6.07 Å². The largest absolute Gasteiger partial charge is 0.508 e. The van der Waals surface area contributed by atoms with Gasteiger partial charge in [-0.25, -0.2) is 4.79 Å². The van der Waals surface area contributed by atoms with Crippen molar-refractivity contribution < 1.29 is 34.1 Å². The van der Waals surface area contributed by atoms with Crippen LogP contribution in [-0.2, 0) is 20.7 Å². The highest BCUT2D eigenvalue weighted by atomic mass is 16.5. The Labute approximate surface area is 227 Å². The minimum atomic E-state index is -0.909. The molecule has 206 valence electrons. The normalized spacial score (nSPS) is 27.2. The van der Waals surface area contributed by atoms with E-state index in [0.29, 0.717) is 23.5 Å². The summed E-state index contributed by atoms with van der Waals surface area (Å²) in [5.74, 6) is -0.873. The summed E-state index contributed by atoms with van der Waals surface area (Å²) in [5, 5.41) is 22.7. The van der Waals surface area contributed by atoms with Gasteiger partial charge < -0.3 is 30.7 Å². The standard InChI is InChI=1S/C30H34N2O7/c1-30-14-13-19-18-6-4-17(33)15-16(18)3-5-20(19)21(30)7-10-24(30)39-26(35)12-11-25(34)32-22-8-9-23(38-2)27(28(22)36)29(31)37/h4,6,8-9,11-12,15,19-21,24,33,36H,3,5,7,10,13-14H2,1-2H3,(H2,31,37)(H,32,34)/b12-11+. The molecule has 2 saturated carbocycles. The van der Waals surface area contributed by atoms with E-state index in [1.165, 1.54) is 30.4 Å². The number of methoxy groups -OCH3 is 1. The van der Waals surface area contributed by atoms with Crippen molar-refractivity contribution in [2.45, 2.75) is 57.5 Å². The highest BCUT2D eigenvalue weighted by molar-refractivity contribution is 6.06. The number of anilines is 1. The van der Waals surface area contributed by atoms with Crippen LogP contribution in [0, 0.1) is 17.3 Å². The summed E-state index contributed by atoms with van der Waals surface area (Å²) in [4.78, 5) is 36.8. The number of carbonyl (C=O) groups excluding carboxylic acids is 3. The molecule has 5 rings (SSSR count). The Morgan fingerprint density at radius 2 is 1.87 bits per heavy atom. The van der Waals surface area contributed by atoms with Crippen molar-refractivity contribution in [3.05, 3.63) is 59.2 Å². The Morgan fingerprint density at radius 1 is 1.08 bits per heavy atom. The Hall–Kier alpha value is -4.01. The molecule has 0 spiro atoms. The number of benzene rings is 2. The minimum absolute atomic E-state index is 0.0419. The smallest absolute Gasteiger partial charge is 0.331 e. The molecular weight excluding hydrogens is 500 g/mol. The molecule has 5 N–H and O–H groups in total. The molecule has 3 aliphatic carbocycles. The molecule has 9 nitrogen and oxygen atoms in total. The van der Waals surface area contributed by atoms with Crippen LogP contribution in [0.15, 0.2) is 42.5 Å². The zero-order valence-corrected chi connectivity index (χ0v) is 22.1. The number of nitrogens with one attached hydrogen (secondary N) is 1. The molecule has 9 heteroatoms. The molecule has 0 aromatic heterocycles. The molecule has 0 radical (unpaired) electrons. The lowest BCUT2D eigenvalue weighted by atomic mass is 9.55. The van der Waals surface area contributed by atoms with E-state index in [-0.39, 0.29) is 28.5 Å². The summed E-state index contributed by atoms with van der Waals surface area (Å²) in [7, 11) is 1.33. The van der Waals surface area contributed by atoms with Gasteiger partial charge in [-0.05, 0) is 91.7 Å². The second-order valence-electron chi connectivity index (χ2n) is 11.1. The van der Waals surface area contributed by atoms with E-state index < -0.39 is 23.5 Å². The molecule has 2 aromatic carbocycles. The Kier molecular flexibility index (Phi) is 7.01. The number of aromatic hydroxyl groups is 2. The van der Waals surface area contributed by atoms with Crippen LogP contribution in [0.2, 0.25) is 0 Å². The zero-order chi connectivity index (χ0) is 27.9. The van der Waals surface area contributed by atoms with Gasteiger partial charge in [-0.1, -0.05) is 13.0 Å². The van der Waals surface area contributed by atoms with Crippen molar-refractivity contribution in [3.63, 3.8) is 0 Å². The number of ether oxygens (including phenoxy) is 2. The summed E-state index contributed by atoms with van der Waals surface area (Å²) >= 11 is 0. The van der Waals surface area contributed by atoms with Gasteiger partial charge in [-0.15, -0.1) is 0 Å². The summed E-state index contributed by atoms with van der Waals surface area (Å²) < 4.78 is 10.9. The maximum atomic E-state index is 12.7. The first-order chi connectivity index (χ1) is 18.6. The van der Waals surface area contributed by atoms with Crippen LogP contribution in [-0.4, -0.2) is 41.2 Å². The molecule has 39 heavy (non-hydrogen) atoms. The van der Waals surface area contributed by atoms with E-state index in [9.17, 15) is 24.6 Å². The number of phenols is 2. The molecule has 0 aliphatic heterocycles. The Balaban J connectivity index is 1.22. The summed E-state index contributed by atoms with van der Waals surface area (Å²) in [6.07, 6.45) is 7.64. The molecule has 2 aromatic rings. The van der Waals surface area contributed by atoms with E-state index in [1.54, 1.807) is 6.07 Å². The van der Waals surface area contributed by atoms with Crippen LogP contribution >= 0.6 is 0 Å². The van der Waals surface area contributed by atoms with E-state index >= 15 is 0 Å². The number of esters is 1.